The van der Waals surface area contributed by atoms with Crippen LogP contribution in [0.4, 0.5) is 11.5 Å². The highest BCUT2D eigenvalue weighted by molar-refractivity contribution is 6.07. The molecule has 9 nitrogen and oxygen atoms in total. The third-order valence-corrected chi connectivity index (χ3v) is 4.91. The summed E-state index contributed by atoms with van der Waals surface area (Å²) in [5.74, 6) is 0.0510. The van der Waals surface area contributed by atoms with Gasteiger partial charge in [-0.1, -0.05) is 31.5 Å². The first-order valence-corrected chi connectivity index (χ1v) is 9.94. The molecule has 1 amide bonds. The van der Waals surface area contributed by atoms with Gasteiger partial charge in [-0.05, 0) is 24.6 Å². The van der Waals surface area contributed by atoms with Gasteiger partial charge in [0.15, 0.2) is 5.69 Å². The number of pyridine rings is 1. The third-order valence-electron chi connectivity index (χ3n) is 4.91. The van der Waals surface area contributed by atoms with E-state index in [0.717, 1.165) is 6.42 Å². The van der Waals surface area contributed by atoms with Crippen molar-refractivity contribution in [3.8, 4) is 5.75 Å². The van der Waals surface area contributed by atoms with E-state index in [0.29, 0.717) is 29.8 Å². The van der Waals surface area contributed by atoms with Crippen LogP contribution in [0.5, 0.6) is 5.75 Å². The smallest absolute Gasteiger partial charge is 0.330 e. The van der Waals surface area contributed by atoms with Gasteiger partial charge in [-0.2, -0.15) is 0 Å². The summed E-state index contributed by atoms with van der Waals surface area (Å²) in [7, 11) is 1.53. The molecule has 0 aliphatic rings. The van der Waals surface area contributed by atoms with E-state index in [4.69, 9.17) is 10.5 Å². The lowest BCUT2D eigenvalue weighted by molar-refractivity contribution is 0.0984. The summed E-state index contributed by atoms with van der Waals surface area (Å²) < 4.78 is 6.69. The number of hydrogen-bond acceptors (Lipinski definition) is 6. The minimum Gasteiger partial charge on any atom is -0.496 e. The van der Waals surface area contributed by atoms with Gasteiger partial charge in [0, 0.05) is 30.1 Å². The second-order valence-corrected chi connectivity index (χ2v) is 6.94. The molecule has 0 unspecified atom stereocenters. The monoisotopic (exact) mass is 423 g/mol. The summed E-state index contributed by atoms with van der Waals surface area (Å²) in [6.07, 6.45) is 4.51. The molecule has 0 radical (unpaired) electrons. The van der Waals surface area contributed by atoms with E-state index in [1.54, 1.807) is 24.3 Å². The lowest BCUT2D eigenvalue weighted by atomic mass is 10.1. The number of nitrogen functional groups attached to an aromatic ring is 1. The summed E-state index contributed by atoms with van der Waals surface area (Å²) in [5.41, 5.74) is 5.87. The summed E-state index contributed by atoms with van der Waals surface area (Å²) in [5, 5.41) is 0. The van der Waals surface area contributed by atoms with Gasteiger partial charge in [-0.25, -0.2) is 4.79 Å². The topological polar surface area (TPSA) is 123 Å². The van der Waals surface area contributed by atoms with Gasteiger partial charge in [0.25, 0.3) is 11.5 Å². The van der Waals surface area contributed by atoms with Crippen molar-refractivity contribution < 1.29 is 9.53 Å². The van der Waals surface area contributed by atoms with Gasteiger partial charge < -0.3 is 10.5 Å². The highest BCUT2D eigenvalue weighted by Gasteiger charge is 2.26. The number of anilines is 2. The molecule has 2 heterocycles. The molecule has 3 rings (SSSR count). The van der Waals surface area contributed by atoms with Crippen LogP contribution < -0.4 is 26.6 Å². The lowest BCUT2D eigenvalue weighted by Crippen LogP contribution is -2.41. The zero-order valence-electron chi connectivity index (χ0n) is 17.5. The van der Waals surface area contributed by atoms with E-state index in [1.807, 2.05) is 19.1 Å². The molecule has 0 bridgehead atoms. The number of carbonyl (C=O) groups excluding carboxylic acids is 1. The van der Waals surface area contributed by atoms with Crippen molar-refractivity contribution in [2.45, 2.75) is 32.9 Å². The Morgan fingerprint density at radius 2 is 1.90 bits per heavy atom. The van der Waals surface area contributed by atoms with Crippen LogP contribution in [0.15, 0.2) is 58.4 Å². The number of nitrogens with one attached hydrogen (secondary N) is 1. The van der Waals surface area contributed by atoms with Crippen molar-refractivity contribution >= 4 is 17.4 Å². The van der Waals surface area contributed by atoms with Crippen LogP contribution in [0, 0.1) is 0 Å². The molecule has 3 aromatic rings. The number of amides is 1. The normalized spacial score (nSPS) is 10.6. The zero-order valence-corrected chi connectivity index (χ0v) is 17.5. The minimum absolute atomic E-state index is 0.0183. The average Bonchev–Trinajstić information content (AvgIpc) is 2.78. The summed E-state index contributed by atoms with van der Waals surface area (Å²) in [6, 6.07) is 10.3. The molecule has 0 aliphatic carbocycles. The maximum absolute atomic E-state index is 13.4. The lowest BCUT2D eigenvalue weighted by Gasteiger charge is -2.25. The average molecular weight is 423 g/mol. The van der Waals surface area contributed by atoms with Crippen LogP contribution in [0.2, 0.25) is 0 Å². The van der Waals surface area contributed by atoms with Crippen molar-refractivity contribution in [1.82, 2.24) is 14.5 Å². The maximum atomic E-state index is 13.4. The molecule has 0 aliphatic heterocycles. The second-order valence-electron chi connectivity index (χ2n) is 6.94. The fraction of sp³-hybridized carbons (Fsp3) is 0.273. The first-order chi connectivity index (χ1) is 15.0. The number of para-hydroxylation sites is 1. The van der Waals surface area contributed by atoms with E-state index in [-0.39, 0.29) is 18.1 Å². The first kappa shape index (κ1) is 21.8. The Kier molecular flexibility index (Phi) is 6.86. The largest absolute Gasteiger partial charge is 0.496 e. The number of carbonyl (C=O) groups is 1. The summed E-state index contributed by atoms with van der Waals surface area (Å²) in [6.45, 7) is 2.33. The van der Waals surface area contributed by atoms with Crippen molar-refractivity contribution in [1.29, 1.82) is 0 Å². The highest BCUT2D eigenvalue weighted by Crippen LogP contribution is 2.26. The number of aromatic nitrogens is 3. The molecule has 2 aromatic heterocycles. The Morgan fingerprint density at radius 1 is 1.19 bits per heavy atom. The fourth-order valence-electron chi connectivity index (χ4n) is 3.28. The number of unbranched alkanes of at least 4 members (excludes halogenated alkanes) is 1. The highest BCUT2D eigenvalue weighted by atomic mass is 16.5. The zero-order chi connectivity index (χ0) is 22.4. The molecule has 0 saturated carbocycles. The maximum Gasteiger partial charge on any atom is 0.330 e. The van der Waals surface area contributed by atoms with Gasteiger partial charge >= 0.3 is 5.69 Å². The van der Waals surface area contributed by atoms with Crippen LogP contribution >= 0.6 is 0 Å². The number of H-pyrrole nitrogens is 1. The predicted molar refractivity (Wildman–Crippen MR) is 118 cm³/mol. The molecule has 0 saturated heterocycles. The van der Waals surface area contributed by atoms with E-state index in [1.165, 1.54) is 29.0 Å². The molecule has 9 heteroatoms. The Hall–Kier alpha value is -3.88. The Labute approximate surface area is 179 Å². The molecule has 1 aromatic carbocycles. The number of nitrogens with zero attached hydrogens (tertiary/aromatic N) is 3. The Morgan fingerprint density at radius 3 is 2.58 bits per heavy atom. The molecule has 162 valence electrons. The van der Waals surface area contributed by atoms with Gasteiger partial charge in [0.05, 0.1) is 13.7 Å². The predicted octanol–water partition coefficient (Wildman–Crippen LogP) is 2.17. The molecule has 0 atom stereocenters. The fourth-order valence-corrected chi connectivity index (χ4v) is 3.28. The Bertz CT molecular complexity index is 1170. The van der Waals surface area contributed by atoms with E-state index in [2.05, 4.69) is 9.97 Å². The van der Waals surface area contributed by atoms with E-state index >= 15 is 0 Å². The van der Waals surface area contributed by atoms with Crippen LogP contribution in [-0.2, 0) is 13.1 Å². The molecule has 31 heavy (non-hydrogen) atoms. The molecule has 3 N–H and O–H groups in total. The number of aromatic amines is 1. The van der Waals surface area contributed by atoms with Crippen LogP contribution in [0.1, 0.15) is 35.7 Å². The van der Waals surface area contributed by atoms with Crippen molar-refractivity contribution in [2.24, 2.45) is 0 Å². The molecular weight excluding hydrogens is 398 g/mol. The van der Waals surface area contributed by atoms with Gasteiger partial charge in [-0.15, -0.1) is 0 Å². The van der Waals surface area contributed by atoms with E-state index < -0.39 is 17.2 Å². The number of hydrogen-bond donors (Lipinski definition) is 2. The van der Waals surface area contributed by atoms with Crippen molar-refractivity contribution in [2.75, 3.05) is 17.7 Å². The second kappa shape index (κ2) is 9.75. The summed E-state index contributed by atoms with van der Waals surface area (Å²) in [4.78, 5) is 46.1. The number of rotatable bonds is 8. The number of methoxy groups -OCH3 is 1. The van der Waals surface area contributed by atoms with Gasteiger partial charge in [-0.3, -0.25) is 29.0 Å². The first-order valence-electron chi connectivity index (χ1n) is 9.94. The van der Waals surface area contributed by atoms with Crippen LogP contribution in [-0.4, -0.2) is 27.6 Å². The molecular formula is C22H25N5O4. The minimum atomic E-state index is -0.729. The quantitative estimate of drug-likeness (QED) is 0.572. The van der Waals surface area contributed by atoms with Gasteiger partial charge in [0.2, 0.25) is 0 Å². The summed E-state index contributed by atoms with van der Waals surface area (Å²) >= 11 is 0. The molecule has 0 spiro atoms. The number of ether oxygens (including phenoxy) is 1. The van der Waals surface area contributed by atoms with E-state index in [9.17, 15) is 14.4 Å². The third kappa shape index (κ3) is 4.66. The van der Waals surface area contributed by atoms with Crippen molar-refractivity contribution in [3.63, 3.8) is 0 Å². The molecule has 0 fully saturated rings. The van der Waals surface area contributed by atoms with Crippen LogP contribution in [0.25, 0.3) is 0 Å². The Balaban J connectivity index is 2.18. The van der Waals surface area contributed by atoms with Gasteiger partial charge in [0.1, 0.15) is 11.6 Å². The number of benzene rings is 1. The standard InChI is InChI=1S/C22H25N5O4/c1-3-4-13-26-19(23)18(20(28)25-22(26)30)27(21(29)15-9-11-24-12-10-15)14-16-7-5-6-8-17(16)31-2/h5-12H,3-4,13-14,23H2,1-2H3,(H,25,28,30). The van der Waals surface area contributed by atoms with Crippen LogP contribution in [0.3, 0.4) is 0 Å². The number of nitrogens with two attached hydrogens (primary N) is 1. The van der Waals surface area contributed by atoms with Crippen molar-refractivity contribution in [3.05, 3.63) is 80.8 Å². The SMILES string of the molecule is CCCCn1c(N)c(N(Cc2ccccc2OC)C(=O)c2ccncc2)c(=O)[nH]c1=O.